The zero-order chi connectivity index (χ0) is 20.6. The second kappa shape index (κ2) is 10.3. The van der Waals surface area contributed by atoms with Crippen LogP contribution in [0.25, 0.3) is 0 Å². The fraction of sp³-hybridized carbons (Fsp3) is 0.450. The third-order valence-corrected chi connectivity index (χ3v) is 5.43. The fourth-order valence-electron chi connectivity index (χ4n) is 2.79. The molecule has 1 N–H and O–H groups in total. The molecule has 1 aliphatic heterocycles. The van der Waals surface area contributed by atoms with Gasteiger partial charge in [0.25, 0.3) is 0 Å². The summed E-state index contributed by atoms with van der Waals surface area (Å²) in [5.74, 6) is 7.58. The second-order valence-electron chi connectivity index (χ2n) is 6.51. The molecule has 154 valence electrons. The van der Waals surface area contributed by atoms with E-state index in [0.717, 1.165) is 41.4 Å². The van der Waals surface area contributed by atoms with Gasteiger partial charge in [-0.05, 0) is 19.9 Å². The molecular formula is C20H25N5O3S. The normalized spacial score (nSPS) is 14.8. The molecule has 2 aromatic rings. The lowest BCUT2D eigenvalue weighted by molar-refractivity contribution is 0.122. The average Bonchev–Trinajstić information content (AvgIpc) is 2.74. The highest BCUT2D eigenvalue weighted by atomic mass is 32.2. The van der Waals surface area contributed by atoms with Gasteiger partial charge >= 0.3 is 0 Å². The summed E-state index contributed by atoms with van der Waals surface area (Å²) in [6.07, 6.45) is 3.27. The Morgan fingerprint density at radius 3 is 2.76 bits per heavy atom. The Morgan fingerprint density at radius 2 is 2.00 bits per heavy atom. The molecule has 9 heteroatoms. The van der Waals surface area contributed by atoms with Crippen molar-refractivity contribution in [2.24, 2.45) is 0 Å². The minimum atomic E-state index is -1.24. The van der Waals surface area contributed by atoms with E-state index >= 15 is 0 Å². The van der Waals surface area contributed by atoms with Crippen molar-refractivity contribution in [3.8, 4) is 11.8 Å². The average molecular weight is 416 g/mol. The number of anilines is 2. The van der Waals surface area contributed by atoms with Crippen LogP contribution in [-0.2, 0) is 20.5 Å². The van der Waals surface area contributed by atoms with Crippen LogP contribution in [0.2, 0.25) is 0 Å². The van der Waals surface area contributed by atoms with Crippen LogP contribution in [0.1, 0.15) is 22.5 Å². The number of morpholine rings is 1. The van der Waals surface area contributed by atoms with Crippen molar-refractivity contribution >= 4 is 22.5 Å². The van der Waals surface area contributed by atoms with Gasteiger partial charge in [-0.15, -0.1) is 0 Å². The van der Waals surface area contributed by atoms with Gasteiger partial charge in [-0.1, -0.05) is 11.8 Å². The number of nitrogens with one attached hydrogen (secondary N) is 1. The molecule has 0 aliphatic carbocycles. The molecule has 29 heavy (non-hydrogen) atoms. The first-order chi connectivity index (χ1) is 14.1. The number of hydrogen-bond acceptors (Lipinski definition) is 7. The van der Waals surface area contributed by atoms with Gasteiger partial charge in [0.2, 0.25) is 0 Å². The SMILES string of the molecule is COCCS(=O)Nc1cc(C#Cc2c(C)ncnc2N2CCOCC2)cnc1C. The highest BCUT2D eigenvalue weighted by Crippen LogP contribution is 2.20. The molecule has 0 spiro atoms. The standard InChI is InChI=1S/C20H25N5O3S/c1-15-18(20(23-14-22-15)25-6-8-28-9-7-25)5-4-17-12-19(16(2)21-13-17)24-29(26)11-10-27-3/h12-14,24H,6-11H2,1-3H3. The van der Waals surface area contributed by atoms with E-state index in [4.69, 9.17) is 9.47 Å². The lowest BCUT2D eigenvalue weighted by Crippen LogP contribution is -2.37. The number of aromatic nitrogens is 3. The molecular weight excluding hydrogens is 390 g/mol. The molecule has 2 aromatic heterocycles. The van der Waals surface area contributed by atoms with Gasteiger partial charge < -0.3 is 19.1 Å². The molecule has 1 saturated heterocycles. The number of methoxy groups -OCH3 is 1. The van der Waals surface area contributed by atoms with Gasteiger partial charge in [-0.2, -0.15) is 0 Å². The molecule has 0 aromatic carbocycles. The van der Waals surface area contributed by atoms with Crippen LogP contribution in [0.15, 0.2) is 18.6 Å². The predicted octanol–water partition coefficient (Wildman–Crippen LogP) is 1.45. The van der Waals surface area contributed by atoms with E-state index in [2.05, 4.69) is 36.4 Å². The van der Waals surface area contributed by atoms with E-state index in [1.807, 2.05) is 19.9 Å². The van der Waals surface area contributed by atoms with Gasteiger partial charge in [-0.3, -0.25) is 4.98 Å². The van der Waals surface area contributed by atoms with Crippen LogP contribution in [0, 0.1) is 25.7 Å². The van der Waals surface area contributed by atoms with E-state index in [0.29, 0.717) is 31.3 Å². The number of pyridine rings is 1. The van der Waals surface area contributed by atoms with E-state index in [1.54, 1.807) is 19.6 Å². The van der Waals surface area contributed by atoms with Crippen LogP contribution in [0.5, 0.6) is 0 Å². The first-order valence-electron chi connectivity index (χ1n) is 9.35. The summed E-state index contributed by atoms with van der Waals surface area (Å²) < 4.78 is 25.5. The summed E-state index contributed by atoms with van der Waals surface area (Å²) in [6.45, 7) is 7.11. The molecule has 0 saturated carbocycles. The van der Waals surface area contributed by atoms with Crippen molar-refractivity contribution in [3.05, 3.63) is 41.1 Å². The number of nitrogens with zero attached hydrogens (tertiary/aromatic N) is 4. The van der Waals surface area contributed by atoms with Crippen LogP contribution in [0.3, 0.4) is 0 Å². The Kier molecular flexibility index (Phi) is 7.52. The molecule has 1 atom stereocenters. The summed E-state index contributed by atoms with van der Waals surface area (Å²) >= 11 is 0. The van der Waals surface area contributed by atoms with Gasteiger partial charge in [0, 0.05) is 32.0 Å². The van der Waals surface area contributed by atoms with Crippen LogP contribution >= 0.6 is 0 Å². The highest BCUT2D eigenvalue weighted by molar-refractivity contribution is 7.86. The molecule has 1 aliphatic rings. The van der Waals surface area contributed by atoms with Crippen molar-refractivity contribution in [1.82, 2.24) is 15.0 Å². The van der Waals surface area contributed by atoms with Crippen LogP contribution in [-0.4, -0.2) is 64.9 Å². The molecule has 0 bridgehead atoms. The maximum absolute atomic E-state index is 12.1. The number of hydrogen-bond donors (Lipinski definition) is 1. The van der Waals surface area contributed by atoms with Gasteiger partial charge in [-0.25, -0.2) is 14.2 Å². The Labute approximate surface area is 173 Å². The predicted molar refractivity (Wildman–Crippen MR) is 113 cm³/mol. The Morgan fingerprint density at radius 1 is 1.21 bits per heavy atom. The van der Waals surface area contributed by atoms with E-state index in [9.17, 15) is 4.21 Å². The molecule has 1 fully saturated rings. The molecule has 3 rings (SSSR count). The summed E-state index contributed by atoms with van der Waals surface area (Å²) in [7, 11) is 0.342. The van der Waals surface area contributed by atoms with E-state index in [-0.39, 0.29) is 0 Å². The third-order valence-electron chi connectivity index (χ3n) is 4.44. The minimum Gasteiger partial charge on any atom is -0.384 e. The molecule has 0 amide bonds. The summed E-state index contributed by atoms with van der Waals surface area (Å²) in [4.78, 5) is 15.3. The molecule has 8 nitrogen and oxygen atoms in total. The minimum absolute atomic E-state index is 0.398. The summed E-state index contributed by atoms with van der Waals surface area (Å²) in [5.41, 5.74) is 3.80. The zero-order valence-corrected chi connectivity index (χ0v) is 17.7. The van der Waals surface area contributed by atoms with Crippen molar-refractivity contribution in [2.45, 2.75) is 13.8 Å². The van der Waals surface area contributed by atoms with Gasteiger partial charge in [0.15, 0.2) is 0 Å². The van der Waals surface area contributed by atoms with Crippen LogP contribution in [0.4, 0.5) is 11.5 Å². The van der Waals surface area contributed by atoms with E-state index < -0.39 is 11.0 Å². The topological polar surface area (TPSA) is 89.5 Å². The first kappa shape index (κ1) is 21.2. The lowest BCUT2D eigenvalue weighted by Gasteiger charge is -2.28. The van der Waals surface area contributed by atoms with Crippen molar-refractivity contribution in [2.75, 3.05) is 55.4 Å². The highest BCUT2D eigenvalue weighted by Gasteiger charge is 2.17. The Bertz CT molecular complexity index is 935. The Hall–Kier alpha value is -2.54. The smallest absolute Gasteiger partial charge is 0.148 e. The first-order valence-corrected chi connectivity index (χ1v) is 10.7. The number of rotatable bonds is 6. The van der Waals surface area contributed by atoms with E-state index in [1.165, 1.54) is 0 Å². The lowest BCUT2D eigenvalue weighted by atomic mass is 10.1. The maximum Gasteiger partial charge on any atom is 0.148 e. The van der Waals surface area contributed by atoms with Gasteiger partial charge in [0.05, 0.1) is 48.2 Å². The monoisotopic (exact) mass is 415 g/mol. The van der Waals surface area contributed by atoms with Crippen LogP contribution < -0.4 is 9.62 Å². The summed E-state index contributed by atoms with van der Waals surface area (Å²) in [6, 6.07) is 1.85. The largest absolute Gasteiger partial charge is 0.384 e. The van der Waals surface area contributed by atoms with Crippen molar-refractivity contribution in [1.29, 1.82) is 0 Å². The quantitative estimate of drug-likeness (QED) is 0.714. The molecule has 3 heterocycles. The fourth-order valence-corrected chi connectivity index (χ4v) is 3.67. The van der Waals surface area contributed by atoms with Crippen molar-refractivity contribution in [3.63, 3.8) is 0 Å². The Balaban J connectivity index is 1.85. The third kappa shape index (κ3) is 5.73. The van der Waals surface area contributed by atoms with Gasteiger partial charge in [0.1, 0.15) is 23.1 Å². The summed E-state index contributed by atoms with van der Waals surface area (Å²) in [5, 5.41) is 0. The number of aryl methyl sites for hydroxylation is 2. The van der Waals surface area contributed by atoms with Crippen molar-refractivity contribution < 1.29 is 13.7 Å². The maximum atomic E-state index is 12.1. The zero-order valence-electron chi connectivity index (χ0n) is 16.9. The molecule has 0 radical (unpaired) electrons. The molecule has 1 unspecified atom stereocenters. The second-order valence-corrected chi connectivity index (χ2v) is 7.81. The number of ether oxygens (including phenoxy) is 2.